The quantitative estimate of drug-likeness (QED) is 0.166. The molecule has 5 aliphatic carbocycles. The zero-order valence-corrected chi connectivity index (χ0v) is 35.0. The van der Waals surface area contributed by atoms with E-state index < -0.39 is 0 Å². The molecule has 0 aliphatic heterocycles. The molecule has 0 heteroatoms. The van der Waals surface area contributed by atoms with Crippen LogP contribution in [0.4, 0.5) is 0 Å². The van der Waals surface area contributed by atoms with E-state index in [1.807, 2.05) is 0 Å². The van der Waals surface area contributed by atoms with Crippen molar-refractivity contribution >= 4 is 32.7 Å². The highest BCUT2D eigenvalue weighted by molar-refractivity contribution is 6.10. The third-order valence-corrected chi connectivity index (χ3v) is 15.7. The van der Waals surface area contributed by atoms with E-state index in [1.54, 1.807) is 0 Å². The third kappa shape index (κ3) is 3.95. The van der Waals surface area contributed by atoms with E-state index in [9.17, 15) is 0 Å². The van der Waals surface area contributed by atoms with Crippen LogP contribution in [0.5, 0.6) is 0 Å². The minimum absolute atomic E-state index is 0.0552. The fraction of sp³-hybridized carbons (Fsp3) is 0.263. The van der Waals surface area contributed by atoms with Gasteiger partial charge in [-0.25, -0.2) is 0 Å². The zero-order chi connectivity index (χ0) is 39.3. The molecule has 0 heterocycles. The van der Waals surface area contributed by atoms with Gasteiger partial charge in [-0.3, -0.25) is 0 Å². The Morgan fingerprint density at radius 2 is 1.05 bits per heavy atom. The lowest BCUT2D eigenvalue weighted by Gasteiger charge is -2.36. The van der Waals surface area contributed by atoms with Crippen LogP contribution in [0.1, 0.15) is 124 Å². The first-order chi connectivity index (χ1) is 27.1. The number of fused-ring (bicyclic) bond motifs is 8. The van der Waals surface area contributed by atoms with Crippen molar-refractivity contribution in [1.82, 2.24) is 0 Å². The van der Waals surface area contributed by atoms with Gasteiger partial charge in [0.05, 0.1) is 0 Å². The van der Waals surface area contributed by atoms with Crippen LogP contribution in [0.15, 0.2) is 115 Å². The number of allylic oxidation sites excluding steroid dienone is 4. The molecule has 1 unspecified atom stereocenters. The van der Waals surface area contributed by atoms with Crippen molar-refractivity contribution in [3.05, 3.63) is 176 Å². The maximum absolute atomic E-state index is 2.56. The van der Waals surface area contributed by atoms with Crippen LogP contribution in [-0.2, 0) is 21.7 Å². The molecule has 0 fully saturated rings. The van der Waals surface area contributed by atoms with Crippen molar-refractivity contribution in [3.63, 3.8) is 0 Å². The van der Waals surface area contributed by atoms with Gasteiger partial charge in [-0.2, -0.15) is 0 Å². The summed E-state index contributed by atoms with van der Waals surface area (Å²) >= 11 is 0. The Morgan fingerprint density at radius 3 is 1.84 bits per heavy atom. The summed E-state index contributed by atoms with van der Waals surface area (Å²) in [6.07, 6.45) is 5.02. The van der Waals surface area contributed by atoms with Crippen molar-refractivity contribution < 1.29 is 0 Å². The SMILES string of the molecule is Cc1cc2c3c4c(cccc14)C(C)(C)c1cc(C4=CC(c5ccc6c(c5)C(C)(C)c5cc7c(cc5-6)C(C)(C)c5ccc6ccccc6c5-7)=CC4C)cc(c1-3)C2(C)C. The Kier molecular flexibility index (Phi) is 6.10. The third-order valence-electron chi connectivity index (χ3n) is 15.7. The largest absolute Gasteiger partial charge is 0.0694 e. The van der Waals surface area contributed by atoms with E-state index in [-0.39, 0.29) is 21.7 Å². The Balaban J connectivity index is 0.965. The van der Waals surface area contributed by atoms with Crippen LogP contribution in [0, 0.1) is 12.8 Å². The molecule has 278 valence electrons. The molecule has 7 aromatic carbocycles. The maximum Gasteiger partial charge on any atom is 0.0159 e. The highest BCUT2D eigenvalue weighted by Crippen LogP contribution is 2.61. The second-order valence-electron chi connectivity index (χ2n) is 20.2. The van der Waals surface area contributed by atoms with Gasteiger partial charge in [-0.15, -0.1) is 0 Å². The van der Waals surface area contributed by atoms with Gasteiger partial charge in [0, 0.05) is 27.6 Å². The van der Waals surface area contributed by atoms with Gasteiger partial charge >= 0.3 is 0 Å². The number of aryl methyl sites for hydroxylation is 1. The molecule has 0 spiro atoms. The second-order valence-corrected chi connectivity index (χ2v) is 20.2. The van der Waals surface area contributed by atoms with Crippen LogP contribution in [0.25, 0.3) is 66.1 Å². The Morgan fingerprint density at radius 1 is 0.439 bits per heavy atom. The van der Waals surface area contributed by atoms with Gasteiger partial charge < -0.3 is 0 Å². The van der Waals surface area contributed by atoms with E-state index >= 15 is 0 Å². The van der Waals surface area contributed by atoms with Gasteiger partial charge in [-0.1, -0.05) is 147 Å². The molecule has 0 amide bonds. The highest BCUT2D eigenvalue weighted by Gasteiger charge is 2.46. The van der Waals surface area contributed by atoms with E-state index in [2.05, 4.69) is 185 Å². The van der Waals surface area contributed by atoms with E-state index in [0.717, 1.165) is 0 Å². The predicted molar refractivity (Wildman–Crippen MR) is 243 cm³/mol. The summed E-state index contributed by atoms with van der Waals surface area (Å²) < 4.78 is 0. The fourth-order valence-corrected chi connectivity index (χ4v) is 12.4. The fourth-order valence-electron chi connectivity index (χ4n) is 12.4. The van der Waals surface area contributed by atoms with Crippen LogP contribution in [-0.4, -0.2) is 0 Å². The van der Waals surface area contributed by atoms with E-state index in [0.29, 0.717) is 5.92 Å². The Hall–Kier alpha value is -5.46. The second kappa shape index (κ2) is 10.3. The molecule has 0 saturated heterocycles. The predicted octanol–water partition coefficient (Wildman–Crippen LogP) is 15.0. The van der Waals surface area contributed by atoms with Gasteiger partial charge in [-0.05, 0) is 165 Å². The molecule has 57 heavy (non-hydrogen) atoms. The molecule has 1 atom stereocenters. The van der Waals surface area contributed by atoms with Gasteiger partial charge in [0.25, 0.3) is 0 Å². The standard InChI is InChI=1S/C57H50/c1-30-22-34(24-39(30)35-26-48-52-49(27-35)57(9,10)47-23-31(2)36-16-13-17-42(55(48,5)6)51(36)53(47)52)33-18-20-38-40-28-46-41(29-45(40)56(7,8)44(38)25-33)50-37-15-12-11-14-32(37)19-21-43(50)54(46,3)4/h11-30H,1-10H3. The monoisotopic (exact) mass is 734 g/mol. The molecule has 5 aliphatic rings. The molecular weight excluding hydrogens is 685 g/mol. The molecule has 0 nitrogen and oxygen atoms in total. The van der Waals surface area contributed by atoms with Crippen LogP contribution < -0.4 is 0 Å². The summed E-state index contributed by atoms with van der Waals surface area (Å²) in [4.78, 5) is 0. The number of hydrogen-bond acceptors (Lipinski definition) is 0. The average Bonchev–Trinajstić information content (AvgIpc) is 3.83. The van der Waals surface area contributed by atoms with Gasteiger partial charge in [0.2, 0.25) is 0 Å². The highest BCUT2D eigenvalue weighted by atomic mass is 14.5. The first-order valence-corrected chi connectivity index (χ1v) is 21.2. The molecule has 0 radical (unpaired) electrons. The lowest BCUT2D eigenvalue weighted by Crippen LogP contribution is -2.24. The van der Waals surface area contributed by atoms with Crippen molar-refractivity contribution in [2.45, 2.75) is 90.9 Å². The van der Waals surface area contributed by atoms with Crippen LogP contribution in [0.2, 0.25) is 0 Å². The van der Waals surface area contributed by atoms with E-state index in [1.165, 1.54) is 127 Å². The molecular formula is C57H50. The Labute approximate surface area is 338 Å². The van der Waals surface area contributed by atoms with Crippen molar-refractivity contribution in [2.24, 2.45) is 5.92 Å². The molecule has 0 N–H and O–H groups in total. The first-order valence-electron chi connectivity index (χ1n) is 21.2. The summed E-state index contributed by atoms with van der Waals surface area (Å²) in [7, 11) is 0. The summed E-state index contributed by atoms with van der Waals surface area (Å²) in [5, 5.41) is 5.57. The van der Waals surface area contributed by atoms with Gasteiger partial charge in [0.1, 0.15) is 0 Å². The molecule has 0 saturated carbocycles. The molecule has 7 aromatic rings. The van der Waals surface area contributed by atoms with Gasteiger partial charge in [0.15, 0.2) is 0 Å². The van der Waals surface area contributed by atoms with Crippen molar-refractivity contribution in [3.8, 4) is 33.4 Å². The van der Waals surface area contributed by atoms with Crippen molar-refractivity contribution in [2.75, 3.05) is 0 Å². The molecule has 0 bridgehead atoms. The topological polar surface area (TPSA) is 0 Å². The smallest absolute Gasteiger partial charge is 0.0159 e. The van der Waals surface area contributed by atoms with Crippen LogP contribution in [0.3, 0.4) is 0 Å². The number of rotatable bonds is 2. The zero-order valence-electron chi connectivity index (χ0n) is 35.0. The summed E-state index contributed by atoms with van der Waals surface area (Å²) in [6, 6.07) is 40.7. The van der Waals surface area contributed by atoms with E-state index in [4.69, 9.17) is 0 Å². The minimum atomic E-state index is -0.112. The summed E-state index contributed by atoms with van der Waals surface area (Å²) in [6.45, 7) is 24.2. The molecule has 0 aromatic heterocycles. The number of hydrogen-bond donors (Lipinski definition) is 0. The Bertz CT molecular complexity index is 3130. The summed E-state index contributed by atoms with van der Waals surface area (Å²) in [5.74, 6) is 0.323. The van der Waals surface area contributed by atoms with Crippen molar-refractivity contribution in [1.29, 1.82) is 0 Å². The molecule has 12 rings (SSSR count). The van der Waals surface area contributed by atoms with Crippen LogP contribution >= 0.6 is 0 Å². The minimum Gasteiger partial charge on any atom is -0.0694 e. The average molecular weight is 735 g/mol. The normalized spacial score (nSPS) is 20.0. The summed E-state index contributed by atoms with van der Waals surface area (Å²) in [5.41, 5.74) is 26.9. The maximum atomic E-state index is 2.56. The lowest BCUT2D eigenvalue weighted by molar-refractivity contribution is 0.638. The first kappa shape index (κ1) is 33.7. The number of benzene rings is 7. The lowest BCUT2D eigenvalue weighted by atomic mass is 9.67.